The van der Waals surface area contributed by atoms with Crippen LogP contribution in [0.3, 0.4) is 0 Å². The lowest BCUT2D eigenvalue weighted by Gasteiger charge is -2.45. The van der Waals surface area contributed by atoms with Crippen molar-refractivity contribution in [1.29, 1.82) is 0 Å². The van der Waals surface area contributed by atoms with E-state index in [2.05, 4.69) is 0 Å². The number of hydrogen-bond donors (Lipinski definition) is 1. The maximum Gasteiger partial charge on any atom is 0.416 e. The van der Waals surface area contributed by atoms with E-state index in [4.69, 9.17) is 33.2 Å². The Balaban J connectivity index is 1.18. The summed E-state index contributed by atoms with van der Waals surface area (Å²) in [6.07, 6.45) is -0.347. The van der Waals surface area contributed by atoms with E-state index in [-0.39, 0.29) is 51.2 Å². The predicted octanol–water partition coefficient (Wildman–Crippen LogP) is 5.57. The smallest absolute Gasteiger partial charge is 0.416 e. The summed E-state index contributed by atoms with van der Waals surface area (Å²) in [7, 11) is 1.51. The molecule has 56 heavy (non-hydrogen) atoms. The maximum absolute atomic E-state index is 14.2. The van der Waals surface area contributed by atoms with E-state index in [1.165, 1.54) is 13.2 Å². The molecule has 3 aromatic carbocycles. The molecule has 3 aromatic rings. The molecule has 0 aromatic heterocycles. The van der Waals surface area contributed by atoms with E-state index in [1.54, 1.807) is 12.2 Å². The third-order valence-corrected chi connectivity index (χ3v) is 10.2. The van der Waals surface area contributed by atoms with Crippen molar-refractivity contribution in [3.05, 3.63) is 132 Å². The van der Waals surface area contributed by atoms with Gasteiger partial charge in [-0.2, -0.15) is 0 Å². The summed E-state index contributed by atoms with van der Waals surface area (Å²) >= 11 is 0. The molecule has 3 heterocycles. The first-order chi connectivity index (χ1) is 27.3. The second-order valence-electron chi connectivity index (χ2n) is 14.4. The van der Waals surface area contributed by atoms with E-state index < -0.39 is 60.8 Å². The van der Waals surface area contributed by atoms with Crippen LogP contribution in [0.1, 0.15) is 37.0 Å². The molecule has 8 atom stereocenters. The zero-order valence-electron chi connectivity index (χ0n) is 32.0. The Labute approximate surface area is 327 Å². The van der Waals surface area contributed by atoms with Crippen molar-refractivity contribution in [2.24, 2.45) is 11.8 Å². The number of aliphatic hydroxyl groups is 1. The number of nitrogens with zero attached hydrogens (tertiary/aromatic N) is 1. The average Bonchev–Trinajstić information content (AvgIpc) is 3.63. The molecule has 2 saturated heterocycles. The average molecular weight is 770 g/mol. The molecule has 1 N–H and O–H groups in total. The minimum atomic E-state index is -1.17. The van der Waals surface area contributed by atoms with Crippen LogP contribution in [0.4, 0.5) is 4.79 Å². The summed E-state index contributed by atoms with van der Waals surface area (Å²) in [6.45, 7) is 4.32. The highest BCUT2D eigenvalue weighted by atomic mass is 16.7. The molecule has 2 fully saturated rings. The molecule has 298 valence electrons. The van der Waals surface area contributed by atoms with Gasteiger partial charge in [-0.25, -0.2) is 9.69 Å². The van der Waals surface area contributed by atoms with Gasteiger partial charge in [-0.15, -0.1) is 0 Å². The molecule has 3 aliphatic heterocycles. The molecule has 0 unspecified atom stereocenters. The minimum Gasteiger partial charge on any atom is -0.482 e. The van der Waals surface area contributed by atoms with Crippen molar-refractivity contribution in [3.8, 4) is 0 Å². The molecule has 0 bridgehead atoms. The first-order valence-electron chi connectivity index (χ1n) is 19.1. The normalized spacial score (nSPS) is 26.3. The molecule has 12 nitrogen and oxygen atoms in total. The van der Waals surface area contributed by atoms with Crippen molar-refractivity contribution in [3.63, 3.8) is 0 Å². The van der Waals surface area contributed by atoms with Crippen LogP contribution in [-0.2, 0) is 62.4 Å². The Bertz CT molecular complexity index is 1780. The van der Waals surface area contributed by atoms with Gasteiger partial charge in [0.25, 0.3) is 0 Å². The fourth-order valence-corrected chi connectivity index (χ4v) is 7.17. The Morgan fingerprint density at radius 1 is 0.839 bits per heavy atom. The Hall–Kier alpha value is -4.69. The zero-order chi connectivity index (χ0) is 39.4. The minimum absolute atomic E-state index is 0.0445. The lowest BCUT2D eigenvalue weighted by molar-refractivity contribution is -0.319. The van der Waals surface area contributed by atoms with Gasteiger partial charge in [0.2, 0.25) is 5.91 Å². The number of hydrogen-bond acceptors (Lipinski definition) is 11. The summed E-state index contributed by atoms with van der Waals surface area (Å²) in [5.74, 6) is -1.53. The third-order valence-electron chi connectivity index (χ3n) is 10.2. The van der Waals surface area contributed by atoms with Gasteiger partial charge in [-0.1, -0.05) is 105 Å². The van der Waals surface area contributed by atoms with Gasteiger partial charge in [0, 0.05) is 7.11 Å². The van der Waals surface area contributed by atoms with Crippen LogP contribution in [0.15, 0.2) is 115 Å². The van der Waals surface area contributed by atoms with E-state index in [9.17, 15) is 19.5 Å². The van der Waals surface area contributed by atoms with Gasteiger partial charge < -0.3 is 38.3 Å². The highest BCUT2D eigenvalue weighted by Crippen LogP contribution is 2.32. The van der Waals surface area contributed by atoms with E-state index in [0.717, 1.165) is 21.6 Å². The van der Waals surface area contributed by atoms with Gasteiger partial charge in [0.15, 0.2) is 18.2 Å². The van der Waals surface area contributed by atoms with E-state index in [1.807, 2.05) is 105 Å². The number of allylic oxidation sites excluding steroid dienone is 1. The first-order valence-corrected chi connectivity index (χ1v) is 19.1. The molecule has 2 amide bonds. The monoisotopic (exact) mass is 769 g/mol. The number of cyclic esters (lactones) is 1. The number of amides is 2. The fraction of sp³-hybridized carbons (Fsp3) is 0.432. The molecular formula is C44H51NO11. The molecular weight excluding hydrogens is 718 g/mol. The van der Waals surface area contributed by atoms with Crippen molar-refractivity contribution in [1.82, 2.24) is 4.90 Å². The van der Waals surface area contributed by atoms with Crippen LogP contribution in [-0.4, -0.2) is 97.6 Å². The number of ether oxygens (including phenoxy) is 7. The van der Waals surface area contributed by atoms with Gasteiger partial charge >= 0.3 is 6.09 Å². The predicted molar refractivity (Wildman–Crippen MR) is 205 cm³/mol. The number of ketones is 1. The van der Waals surface area contributed by atoms with Crippen LogP contribution in [0, 0.1) is 11.8 Å². The van der Waals surface area contributed by atoms with Crippen molar-refractivity contribution >= 4 is 17.8 Å². The number of methoxy groups -OCH3 is 1. The highest BCUT2D eigenvalue weighted by Gasteiger charge is 2.49. The summed E-state index contributed by atoms with van der Waals surface area (Å²) in [6, 6.07) is 28.3. The Morgan fingerprint density at radius 2 is 1.45 bits per heavy atom. The zero-order valence-corrected chi connectivity index (χ0v) is 32.0. The fourth-order valence-electron chi connectivity index (χ4n) is 7.17. The summed E-state index contributed by atoms with van der Waals surface area (Å²) in [5, 5.41) is 10.4. The molecule has 0 radical (unpaired) electrons. The topological polar surface area (TPSA) is 139 Å². The van der Waals surface area contributed by atoms with Crippen LogP contribution in [0.5, 0.6) is 0 Å². The summed E-state index contributed by atoms with van der Waals surface area (Å²) < 4.78 is 42.8. The lowest BCUT2D eigenvalue weighted by atomic mass is 9.88. The largest absolute Gasteiger partial charge is 0.482 e. The van der Waals surface area contributed by atoms with E-state index >= 15 is 0 Å². The van der Waals surface area contributed by atoms with Crippen molar-refractivity contribution in [2.45, 2.75) is 82.8 Å². The molecule has 0 saturated carbocycles. The number of rotatable bonds is 17. The van der Waals surface area contributed by atoms with E-state index in [0.29, 0.717) is 12.2 Å². The van der Waals surface area contributed by atoms with Crippen LogP contribution in [0.25, 0.3) is 0 Å². The van der Waals surface area contributed by atoms with Crippen LogP contribution < -0.4 is 0 Å². The molecule has 0 aliphatic carbocycles. The molecule has 0 spiro atoms. The number of aliphatic hydroxyl groups excluding tert-OH is 1. The van der Waals surface area contributed by atoms with Gasteiger partial charge in [-0.3, -0.25) is 9.59 Å². The van der Waals surface area contributed by atoms with Gasteiger partial charge in [-0.05, 0) is 53.7 Å². The lowest BCUT2D eigenvalue weighted by Crippen LogP contribution is -2.61. The quantitative estimate of drug-likeness (QED) is 0.173. The number of imide groups is 1. The van der Waals surface area contributed by atoms with Crippen molar-refractivity contribution < 1.29 is 52.6 Å². The Morgan fingerprint density at radius 3 is 2.04 bits per heavy atom. The van der Waals surface area contributed by atoms with Crippen LogP contribution in [0.2, 0.25) is 0 Å². The summed E-state index contributed by atoms with van der Waals surface area (Å²) in [4.78, 5) is 41.5. The standard InChI is InChI=1S/C44H51NO11/c1-29(2)35-28-54-44(49)45(35)42(48)34(24-30-14-7-4-8-15-30)38-36(47)22-21-33(55-38)20-13-23-51-41-40(53-27-32-18-11-6-12-19-32)39(37(25-46)56-43(41)50-3)52-26-31-16-9-5-10-17-31/h4-12,14-22,29,34-35,37-41,43,46H,13,23-28H2,1-3H3/t34-,35-,37-,38+,39-,40+,41+,43+/m1/s1. The third kappa shape index (κ3) is 10.2. The summed E-state index contributed by atoms with van der Waals surface area (Å²) in [5.41, 5.74) is 2.73. The number of carbonyl (C=O) groups excluding carboxylic acids is 3. The Kier molecular flexibility index (Phi) is 14.6. The second kappa shape index (κ2) is 19.9. The highest BCUT2D eigenvalue weighted by molar-refractivity contribution is 6.02. The van der Waals surface area contributed by atoms with Gasteiger partial charge in [0.05, 0.1) is 38.4 Å². The molecule has 6 rings (SSSR count). The maximum atomic E-state index is 14.2. The second-order valence-corrected chi connectivity index (χ2v) is 14.4. The number of carbonyl (C=O) groups is 3. The SMILES string of the molecule is CO[C@H]1O[C@H](CO)[C@@H](OCc2ccccc2)[C@H](OCc2ccccc2)[C@@H]1OCCC=C1C=CC(=O)[C@H]([C@@H](Cc2ccccc2)C(=O)N2C(=O)OC[C@@H]2C(C)C)O1. The first kappa shape index (κ1) is 41.0. The molecule has 12 heteroatoms. The van der Waals surface area contributed by atoms with Crippen LogP contribution >= 0.6 is 0 Å². The molecule has 3 aliphatic rings. The number of benzene rings is 3. The van der Waals surface area contributed by atoms with Crippen molar-refractivity contribution in [2.75, 3.05) is 26.9 Å². The van der Waals surface area contributed by atoms with Gasteiger partial charge in [0.1, 0.15) is 36.8 Å².